The Balaban J connectivity index is 0.000000245. The van der Waals surface area contributed by atoms with E-state index in [1.807, 2.05) is 30.3 Å². The topological polar surface area (TPSA) is 83.6 Å². The lowest BCUT2D eigenvalue weighted by atomic mass is 10.1. The monoisotopic (exact) mass is 207 g/mol. The zero-order valence-corrected chi connectivity index (χ0v) is 7.70. The van der Waals surface area contributed by atoms with Crippen LogP contribution in [0.4, 0.5) is 0 Å². The maximum atomic E-state index is 9.13. The highest BCUT2D eigenvalue weighted by molar-refractivity contribution is 5.83. The van der Waals surface area contributed by atoms with Gasteiger partial charge in [0, 0.05) is 0 Å². The Kier molecular flexibility index (Phi) is 3.45. The van der Waals surface area contributed by atoms with E-state index in [2.05, 4.69) is 0 Å². The van der Waals surface area contributed by atoms with Crippen molar-refractivity contribution >= 4 is 10.8 Å². The SMILES string of the molecule is O=[N+]([O-])O.Oc1ccc2ccccc2c1. The Morgan fingerprint density at radius 1 is 1.07 bits per heavy atom. The summed E-state index contributed by atoms with van der Waals surface area (Å²) >= 11 is 0. The van der Waals surface area contributed by atoms with Crippen molar-refractivity contribution in [2.75, 3.05) is 0 Å². The molecule has 5 nitrogen and oxygen atoms in total. The van der Waals surface area contributed by atoms with Crippen molar-refractivity contribution in [1.82, 2.24) is 0 Å². The first-order valence-electron chi connectivity index (χ1n) is 4.10. The zero-order chi connectivity index (χ0) is 11.3. The van der Waals surface area contributed by atoms with Gasteiger partial charge in [0.05, 0.1) is 0 Å². The number of nitrogens with zero attached hydrogens (tertiary/aromatic N) is 1. The van der Waals surface area contributed by atoms with Gasteiger partial charge in [0.1, 0.15) is 5.75 Å². The highest BCUT2D eigenvalue weighted by atomic mass is 16.9. The highest BCUT2D eigenvalue weighted by Gasteiger charge is 1.91. The van der Waals surface area contributed by atoms with Gasteiger partial charge in [-0.3, -0.25) is 0 Å². The van der Waals surface area contributed by atoms with E-state index in [4.69, 9.17) is 20.4 Å². The van der Waals surface area contributed by atoms with Crippen LogP contribution in [0.2, 0.25) is 0 Å². The first kappa shape index (κ1) is 10.8. The molecule has 78 valence electrons. The van der Waals surface area contributed by atoms with Crippen LogP contribution in [0.25, 0.3) is 10.8 Å². The normalized spacial score (nSPS) is 9.07. The molecule has 15 heavy (non-hydrogen) atoms. The molecule has 0 fully saturated rings. The molecule has 0 aliphatic rings. The number of aromatic hydroxyl groups is 1. The predicted molar refractivity (Wildman–Crippen MR) is 54.4 cm³/mol. The Morgan fingerprint density at radius 2 is 1.60 bits per heavy atom. The van der Waals surface area contributed by atoms with Crippen molar-refractivity contribution in [2.45, 2.75) is 0 Å². The van der Waals surface area contributed by atoms with Gasteiger partial charge in [-0.25, -0.2) is 0 Å². The lowest BCUT2D eigenvalue weighted by Gasteiger charge is -1.96. The number of rotatable bonds is 0. The van der Waals surface area contributed by atoms with E-state index in [9.17, 15) is 0 Å². The highest BCUT2D eigenvalue weighted by Crippen LogP contribution is 2.18. The lowest BCUT2D eigenvalue weighted by molar-refractivity contribution is -0.742. The molecule has 0 unspecified atom stereocenters. The summed E-state index contributed by atoms with van der Waals surface area (Å²) < 4.78 is 0. The minimum absolute atomic E-state index is 0.323. The Bertz CT molecular complexity index is 466. The van der Waals surface area contributed by atoms with Gasteiger partial charge in [0.15, 0.2) is 0 Å². The molecule has 0 atom stereocenters. The first-order valence-corrected chi connectivity index (χ1v) is 4.10. The zero-order valence-electron chi connectivity index (χ0n) is 7.70. The number of hydrogen-bond donors (Lipinski definition) is 2. The Morgan fingerprint density at radius 3 is 2.20 bits per heavy atom. The van der Waals surface area contributed by atoms with Gasteiger partial charge in [0.2, 0.25) is 0 Å². The third-order valence-corrected chi connectivity index (χ3v) is 1.73. The fourth-order valence-corrected chi connectivity index (χ4v) is 1.18. The molecule has 2 aromatic carbocycles. The summed E-state index contributed by atoms with van der Waals surface area (Å²) in [6.07, 6.45) is 0. The molecule has 0 amide bonds. The molecular weight excluding hydrogens is 198 g/mol. The third-order valence-electron chi connectivity index (χ3n) is 1.73. The molecule has 0 aliphatic carbocycles. The number of fused-ring (bicyclic) bond motifs is 1. The molecule has 2 N–H and O–H groups in total. The standard InChI is InChI=1S/C10H8O.HNO3/c11-10-6-5-8-3-1-2-4-9(8)7-10;2-1(3)4/h1-7,11H;(H,2,3,4). The van der Waals surface area contributed by atoms with E-state index < -0.39 is 5.09 Å². The number of phenolic OH excluding ortho intramolecular Hbond substituents is 1. The predicted octanol–water partition coefficient (Wildman–Crippen LogP) is 2.20. The van der Waals surface area contributed by atoms with Crippen LogP contribution >= 0.6 is 0 Å². The van der Waals surface area contributed by atoms with Crippen LogP contribution < -0.4 is 0 Å². The van der Waals surface area contributed by atoms with Crippen molar-refractivity contribution in [2.24, 2.45) is 0 Å². The second-order valence-corrected chi connectivity index (χ2v) is 2.77. The molecule has 2 rings (SSSR count). The molecule has 0 saturated heterocycles. The molecule has 0 aromatic heterocycles. The Labute approximate surface area is 85.3 Å². The van der Waals surface area contributed by atoms with E-state index in [0.717, 1.165) is 10.8 Å². The summed E-state index contributed by atoms with van der Waals surface area (Å²) in [6.45, 7) is 0. The minimum atomic E-state index is -1.50. The Hall–Kier alpha value is -2.30. The van der Waals surface area contributed by atoms with Crippen molar-refractivity contribution in [3.8, 4) is 5.75 Å². The summed E-state index contributed by atoms with van der Waals surface area (Å²) in [5.41, 5.74) is 0. The van der Waals surface area contributed by atoms with Crippen LogP contribution in [0.3, 0.4) is 0 Å². The minimum Gasteiger partial charge on any atom is -0.508 e. The summed E-state index contributed by atoms with van der Waals surface area (Å²) in [5, 5.41) is 25.0. The van der Waals surface area contributed by atoms with Gasteiger partial charge < -0.3 is 10.3 Å². The van der Waals surface area contributed by atoms with E-state index in [1.54, 1.807) is 12.1 Å². The van der Waals surface area contributed by atoms with Gasteiger partial charge in [-0.05, 0) is 22.9 Å². The van der Waals surface area contributed by atoms with Crippen LogP contribution in [0.1, 0.15) is 0 Å². The van der Waals surface area contributed by atoms with Gasteiger partial charge >= 0.3 is 0 Å². The van der Waals surface area contributed by atoms with Crippen molar-refractivity contribution in [3.63, 3.8) is 0 Å². The molecule has 0 saturated carbocycles. The second kappa shape index (κ2) is 4.80. The molecule has 5 heteroatoms. The lowest BCUT2D eigenvalue weighted by Crippen LogP contribution is -1.81. The van der Waals surface area contributed by atoms with Crippen LogP contribution in [0.15, 0.2) is 42.5 Å². The fraction of sp³-hybridized carbons (Fsp3) is 0. The number of hydrogen-bond acceptors (Lipinski definition) is 3. The first-order chi connectivity index (χ1) is 7.09. The summed E-state index contributed by atoms with van der Waals surface area (Å²) in [5.74, 6) is 0.323. The average molecular weight is 207 g/mol. The van der Waals surface area contributed by atoms with Crippen LogP contribution in [0, 0.1) is 10.1 Å². The van der Waals surface area contributed by atoms with Gasteiger partial charge in [0.25, 0.3) is 5.09 Å². The van der Waals surface area contributed by atoms with Gasteiger partial charge in [-0.2, -0.15) is 0 Å². The molecule has 0 aliphatic heterocycles. The number of benzene rings is 2. The van der Waals surface area contributed by atoms with E-state index >= 15 is 0 Å². The maximum absolute atomic E-state index is 9.13. The summed E-state index contributed by atoms with van der Waals surface area (Å²) in [7, 11) is 0. The van der Waals surface area contributed by atoms with Crippen LogP contribution in [0.5, 0.6) is 5.75 Å². The van der Waals surface area contributed by atoms with Crippen molar-refractivity contribution in [1.29, 1.82) is 0 Å². The summed E-state index contributed by atoms with van der Waals surface area (Å²) in [6, 6.07) is 13.3. The largest absolute Gasteiger partial charge is 0.508 e. The molecule has 2 aromatic rings. The quantitative estimate of drug-likeness (QED) is 0.512. The summed E-state index contributed by atoms with van der Waals surface area (Å²) in [4.78, 5) is 8.36. The smallest absolute Gasteiger partial charge is 0.291 e. The molecule has 0 spiro atoms. The maximum Gasteiger partial charge on any atom is 0.291 e. The molecule has 0 heterocycles. The fourth-order valence-electron chi connectivity index (χ4n) is 1.18. The molecule has 0 radical (unpaired) electrons. The van der Waals surface area contributed by atoms with E-state index in [0.29, 0.717) is 5.75 Å². The van der Waals surface area contributed by atoms with Gasteiger partial charge in [-0.15, -0.1) is 10.1 Å². The van der Waals surface area contributed by atoms with Crippen molar-refractivity contribution in [3.05, 3.63) is 52.6 Å². The molecular formula is C10H9NO4. The second-order valence-electron chi connectivity index (χ2n) is 2.77. The molecule has 0 bridgehead atoms. The van der Waals surface area contributed by atoms with Gasteiger partial charge in [-0.1, -0.05) is 30.3 Å². The van der Waals surface area contributed by atoms with Crippen molar-refractivity contribution < 1.29 is 15.4 Å². The van der Waals surface area contributed by atoms with Crippen LogP contribution in [-0.4, -0.2) is 15.4 Å². The van der Waals surface area contributed by atoms with E-state index in [1.165, 1.54) is 0 Å². The third kappa shape index (κ3) is 3.51. The van der Waals surface area contributed by atoms with Crippen LogP contribution in [-0.2, 0) is 0 Å². The number of phenols is 1. The van der Waals surface area contributed by atoms with E-state index in [-0.39, 0.29) is 0 Å². The average Bonchev–Trinajstić information content (AvgIpc) is 2.16.